The van der Waals surface area contributed by atoms with Crippen LogP contribution < -0.4 is 10.6 Å². The highest BCUT2D eigenvalue weighted by molar-refractivity contribution is 5.85. The van der Waals surface area contributed by atoms with Gasteiger partial charge in [-0.1, -0.05) is 25.7 Å². The van der Waals surface area contributed by atoms with Gasteiger partial charge in [-0.25, -0.2) is 0 Å². The molecule has 0 aromatic heterocycles. The zero-order valence-electron chi connectivity index (χ0n) is 11.7. The van der Waals surface area contributed by atoms with Gasteiger partial charge in [0.15, 0.2) is 0 Å². The highest BCUT2D eigenvalue weighted by Crippen LogP contribution is 2.19. The molecule has 0 aromatic carbocycles. The van der Waals surface area contributed by atoms with Crippen LogP contribution in [-0.4, -0.2) is 37.7 Å². The number of hydrogen-bond acceptors (Lipinski definition) is 3. The van der Waals surface area contributed by atoms with E-state index in [0.29, 0.717) is 19.3 Å². The van der Waals surface area contributed by atoms with E-state index in [9.17, 15) is 4.79 Å². The number of carbonyl (C=O) groups excluding carboxylic acids is 1. The summed E-state index contributed by atoms with van der Waals surface area (Å²) in [5.74, 6) is 0.141. The predicted octanol–water partition coefficient (Wildman–Crippen LogP) is 2.02. The third kappa shape index (κ3) is 6.11. The average molecular weight is 291 g/mol. The Balaban J connectivity index is 0.00000180. The van der Waals surface area contributed by atoms with E-state index in [1.54, 1.807) is 0 Å². The molecule has 2 fully saturated rings. The van der Waals surface area contributed by atoms with Crippen LogP contribution in [-0.2, 0) is 9.53 Å². The summed E-state index contributed by atoms with van der Waals surface area (Å²) in [4.78, 5) is 11.8. The van der Waals surface area contributed by atoms with E-state index in [4.69, 9.17) is 4.74 Å². The lowest BCUT2D eigenvalue weighted by atomic mass is 9.98. The van der Waals surface area contributed by atoms with Crippen molar-refractivity contribution < 1.29 is 9.53 Å². The molecule has 0 bridgehead atoms. The summed E-state index contributed by atoms with van der Waals surface area (Å²) in [6, 6.07) is 0.0217. The second-order valence-electron chi connectivity index (χ2n) is 5.42. The van der Waals surface area contributed by atoms with Crippen LogP contribution in [0.1, 0.15) is 51.4 Å². The fraction of sp³-hybridized carbons (Fsp3) is 0.929. The van der Waals surface area contributed by atoms with Crippen LogP contribution in [0.5, 0.6) is 0 Å². The van der Waals surface area contributed by atoms with E-state index in [1.807, 2.05) is 0 Å². The van der Waals surface area contributed by atoms with E-state index in [1.165, 1.54) is 38.5 Å². The molecule has 1 aliphatic heterocycles. The largest absolute Gasteiger partial charge is 0.376 e. The Bertz CT molecular complexity index is 252. The minimum atomic E-state index is 0. The minimum Gasteiger partial charge on any atom is -0.376 e. The molecule has 1 unspecified atom stereocenters. The molecule has 1 amide bonds. The quantitative estimate of drug-likeness (QED) is 0.762. The molecule has 1 heterocycles. The summed E-state index contributed by atoms with van der Waals surface area (Å²) in [6.45, 7) is 2.27. The Hall–Kier alpha value is -0.320. The summed E-state index contributed by atoms with van der Waals surface area (Å²) in [5, 5.41) is 6.22. The van der Waals surface area contributed by atoms with Crippen molar-refractivity contribution in [1.29, 1.82) is 0 Å². The average Bonchev–Trinajstić information content (AvgIpc) is 2.45. The molecular weight excluding hydrogens is 264 g/mol. The Morgan fingerprint density at radius 3 is 2.53 bits per heavy atom. The monoisotopic (exact) mass is 290 g/mol. The molecule has 2 rings (SSSR count). The summed E-state index contributed by atoms with van der Waals surface area (Å²) in [5.41, 5.74) is 0. The summed E-state index contributed by atoms with van der Waals surface area (Å²) in [7, 11) is 0. The first kappa shape index (κ1) is 16.7. The van der Waals surface area contributed by atoms with Gasteiger partial charge in [-0.2, -0.15) is 0 Å². The molecular formula is C14H27ClN2O2. The van der Waals surface area contributed by atoms with Crippen molar-refractivity contribution in [3.63, 3.8) is 0 Å². The fourth-order valence-corrected chi connectivity index (χ4v) is 2.83. The molecule has 5 heteroatoms. The summed E-state index contributed by atoms with van der Waals surface area (Å²) >= 11 is 0. The first-order valence-corrected chi connectivity index (χ1v) is 7.49. The number of amides is 1. The third-order valence-electron chi connectivity index (χ3n) is 3.93. The minimum absolute atomic E-state index is 0. The van der Waals surface area contributed by atoms with Gasteiger partial charge in [0.1, 0.15) is 0 Å². The Kier molecular flexibility index (Phi) is 8.42. The van der Waals surface area contributed by atoms with Crippen molar-refractivity contribution in [2.75, 3.05) is 19.7 Å². The number of piperidine rings is 1. The van der Waals surface area contributed by atoms with Gasteiger partial charge in [0.05, 0.1) is 18.8 Å². The van der Waals surface area contributed by atoms with E-state index in [0.717, 1.165) is 19.4 Å². The summed E-state index contributed by atoms with van der Waals surface area (Å²) in [6.07, 6.45) is 10.1. The normalized spacial score (nSPS) is 24.5. The van der Waals surface area contributed by atoms with E-state index in [2.05, 4.69) is 10.6 Å². The van der Waals surface area contributed by atoms with Gasteiger partial charge in [0, 0.05) is 6.54 Å². The second kappa shape index (κ2) is 9.56. The first-order chi connectivity index (χ1) is 8.86. The molecule has 0 spiro atoms. The van der Waals surface area contributed by atoms with Gasteiger partial charge in [-0.05, 0) is 32.2 Å². The number of rotatable bonds is 5. The van der Waals surface area contributed by atoms with Gasteiger partial charge in [-0.15, -0.1) is 12.4 Å². The van der Waals surface area contributed by atoms with E-state index >= 15 is 0 Å². The Morgan fingerprint density at radius 1 is 1.11 bits per heavy atom. The van der Waals surface area contributed by atoms with Crippen molar-refractivity contribution in [3.05, 3.63) is 0 Å². The molecule has 0 aromatic rings. The van der Waals surface area contributed by atoms with Crippen molar-refractivity contribution in [3.8, 4) is 0 Å². The van der Waals surface area contributed by atoms with Gasteiger partial charge < -0.3 is 15.4 Å². The third-order valence-corrected chi connectivity index (χ3v) is 3.93. The fourth-order valence-electron chi connectivity index (χ4n) is 2.83. The maximum atomic E-state index is 11.8. The number of carbonyl (C=O) groups is 1. The van der Waals surface area contributed by atoms with Gasteiger partial charge in [0.25, 0.3) is 0 Å². The lowest BCUT2D eigenvalue weighted by molar-refractivity contribution is -0.124. The van der Waals surface area contributed by atoms with Crippen molar-refractivity contribution in [2.24, 2.45) is 0 Å². The standard InChI is InChI=1S/C14H26N2O2.ClH/c17-14(13-8-4-5-9-15-13)16-10-11-18-12-6-2-1-3-7-12;/h12-13,15H,1-11H2,(H,16,17);1H. The molecule has 1 saturated carbocycles. The molecule has 2 N–H and O–H groups in total. The molecule has 4 nitrogen and oxygen atoms in total. The van der Waals surface area contributed by atoms with Crippen LogP contribution in [0.4, 0.5) is 0 Å². The van der Waals surface area contributed by atoms with Crippen molar-refractivity contribution in [1.82, 2.24) is 10.6 Å². The Labute approximate surface area is 122 Å². The van der Waals surface area contributed by atoms with Crippen LogP contribution in [0.2, 0.25) is 0 Å². The number of nitrogens with one attached hydrogen (secondary N) is 2. The van der Waals surface area contributed by atoms with Crippen LogP contribution >= 0.6 is 12.4 Å². The molecule has 1 saturated heterocycles. The lowest BCUT2D eigenvalue weighted by Crippen LogP contribution is -2.47. The summed E-state index contributed by atoms with van der Waals surface area (Å²) < 4.78 is 5.79. The van der Waals surface area contributed by atoms with Crippen molar-refractivity contribution >= 4 is 18.3 Å². The number of ether oxygens (including phenoxy) is 1. The predicted molar refractivity (Wildman–Crippen MR) is 78.7 cm³/mol. The van der Waals surface area contributed by atoms with Gasteiger partial charge >= 0.3 is 0 Å². The zero-order chi connectivity index (χ0) is 12.6. The number of halogens is 1. The topological polar surface area (TPSA) is 50.4 Å². The molecule has 2 aliphatic rings. The smallest absolute Gasteiger partial charge is 0.237 e. The van der Waals surface area contributed by atoms with Crippen LogP contribution in [0, 0.1) is 0 Å². The molecule has 112 valence electrons. The van der Waals surface area contributed by atoms with Gasteiger partial charge in [-0.3, -0.25) is 4.79 Å². The van der Waals surface area contributed by atoms with Crippen LogP contribution in [0.25, 0.3) is 0 Å². The molecule has 0 radical (unpaired) electrons. The number of hydrogen-bond donors (Lipinski definition) is 2. The molecule has 1 atom stereocenters. The zero-order valence-corrected chi connectivity index (χ0v) is 12.5. The molecule has 19 heavy (non-hydrogen) atoms. The second-order valence-corrected chi connectivity index (χ2v) is 5.42. The highest BCUT2D eigenvalue weighted by atomic mass is 35.5. The maximum Gasteiger partial charge on any atom is 0.237 e. The lowest BCUT2D eigenvalue weighted by Gasteiger charge is -2.24. The maximum absolute atomic E-state index is 11.8. The van der Waals surface area contributed by atoms with E-state index < -0.39 is 0 Å². The molecule has 1 aliphatic carbocycles. The SMILES string of the molecule is Cl.O=C(NCCOC1CCCCC1)C1CCCCN1. The van der Waals surface area contributed by atoms with Crippen LogP contribution in [0.3, 0.4) is 0 Å². The highest BCUT2D eigenvalue weighted by Gasteiger charge is 2.20. The first-order valence-electron chi connectivity index (χ1n) is 7.49. The Morgan fingerprint density at radius 2 is 1.84 bits per heavy atom. The van der Waals surface area contributed by atoms with E-state index in [-0.39, 0.29) is 24.4 Å². The van der Waals surface area contributed by atoms with Gasteiger partial charge in [0.2, 0.25) is 5.91 Å². The van der Waals surface area contributed by atoms with Crippen molar-refractivity contribution in [2.45, 2.75) is 63.5 Å². The van der Waals surface area contributed by atoms with Crippen LogP contribution in [0.15, 0.2) is 0 Å².